The largest absolute Gasteiger partial charge is 0.490 e. The zero-order chi connectivity index (χ0) is 27.4. The first-order valence-electron chi connectivity index (χ1n) is 13.1. The Morgan fingerprint density at radius 3 is 2.67 bits per heavy atom. The topological polar surface area (TPSA) is 102 Å². The minimum atomic E-state index is -0.699. The highest BCUT2D eigenvalue weighted by Gasteiger charge is 2.41. The van der Waals surface area contributed by atoms with E-state index in [-0.39, 0.29) is 12.4 Å². The molecule has 1 aliphatic rings. The number of aromatic nitrogens is 3. The number of ether oxygens (including phenoxy) is 2. The summed E-state index contributed by atoms with van der Waals surface area (Å²) in [6, 6.07) is 15.4. The summed E-state index contributed by atoms with van der Waals surface area (Å²) in [4.78, 5) is 28.3. The maximum absolute atomic E-state index is 13.1. The van der Waals surface area contributed by atoms with Crippen LogP contribution in [0.1, 0.15) is 24.1 Å². The fourth-order valence-electron chi connectivity index (χ4n) is 4.80. The summed E-state index contributed by atoms with van der Waals surface area (Å²) in [5.74, 6) is 2.83. The minimum absolute atomic E-state index is 0.138. The number of rotatable bonds is 10. The van der Waals surface area contributed by atoms with Gasteiger partial charge in [-0.2, -0.15) is 0 Å². The van der Waals surface area contributed by atoms with Crippen molar-refractivity contribution >= 4 is 28.2 Å². The van der Waals surface area contributed by atoms with Crippen molar-refractivity contribution in [1.29, 1.82) is 0 Å². The molecule has 0 aliphatic carbocycles. The highest BCUT2D eigenvalue weighted by molar-refractivity contribution is 5.96. The molecule has 2 aromatic heterocycles. The van der Waals surface area contributed by atoms with E-state index in [4.69, 9.17) is 9.47 Å². The molecular weight excluding hydrogens is 492 g/mol. The van der Waals surface area contributed by atoms with Crippen LogP contribution in [0.3, 0.4) is 0 Å². The van der Waals surface area contributed by atoms with E-state index in [1.807, 2.05) is 81.4 Å². The van der Waals surface area contributed by atoms with Gasteiger partial charge in [-0.3, -0.25) is 9.78 Å². The van der Waals surface area contributed by atoms with Crippen LogP contribution in [0.25, 0.3) is 10.9 Å². The van der Waals surface area contributed by atoms with E-state index >= 15 is 0 Å². The van der Waals surface area contributed by atoms with Gasteiger partial charge in [0.05, 0.1) is 23.6 Å². The lowest BCUT2D eigenvalue weighted by Crippen LogP contribution is -2.55. The smallest absolute Gasteiger partial charge is 0.170 e. The molecular formula is C30H34N6O3. The number of carbonyl (C=O) groups is 1. The highest BCUT2D eigenvalue weighted by atomic mass is 16.5. The Morgan fingerprint density at radius 2 is 1.95 bits per heavy atom. The molecule has 0 spiro atoms. The van der Waals surface area contributed by atoms with Crippen LogP contribution in [-0.2, 0) is 4.79 Å². The van der Waals surface area contributed by atoms with E-state index in [1.165, 1.54) is 6.33 Å². The van der Waals surface area contributed by atoms with Gasteiger partial charge in [-0.25, -0.2) is 9.97 Å². The predicted octanol–water partition coefficient (Wildman–Crippen LogP) is 4.81. The number of benzene rings is 2. The summed E-state index contributed by atoms with van der Waals surface area (Å²) in [6.45, 7) is 5.34. The Morgan fingerprint density at radius 1 is 1.08 bits per heavy atom. The summed E-state index contributed by atoms with van der Waals surface area (Å²) in [5, 5.41) is 7.60. The molecule has 3 heterocycles. The molecule has 9 nitrogen and oxygen atoms in total. The molecule has 202 valence electrons. The number of Topliss-reactive ketones (excluding diaryl/α,β-unsaturated/α-hetero) is 1. The van der Waals surface area contributed by atoms with Crippen molar-refractivity contribution in [3.63, 3.8) is 0 Å². The number of hydrogen-bond acceptors (Lipinski definition) is 9. The second-order valence-corrected chi connectivity index (χ2v) is 10.3. The van der Waals surface area contributed by atoms with Crippen LogP contribution >= 0.6 is 0 Å². The average molecular weight is 527 g/mol. The standard InChI is InChI=1S/C30H34N6O3/c1-20-15-22(10-12-25(20)39-23-11-9-21(2)31-16-23)35-29-28-24(32-19-33-29)7-5-8-26(28)38-18-30(13-6-14-34-30)27(37)17-36(3)4/h5,7-12,15-16,19,34H,6,13-14,17-18H2,1-4H3,(H,32,33,35)/t30-/m1/s1. The lowest BCUT2D eigenvalue weighted by atomic mass is 9.92. The Kier molecular flexibility index (Phi) is 7.72. The second-order valence-electron chi connectivity index (χ2n) is 10.3. The van der Waals surface area contributed by atoms with Gasteiger partial charge in [0.2, 0.25) is 0 Å². The zero-order valence-corrected chi connectivity index (χ0v) is 22.8. The second kappa shape index (κ2) is 11.3. The van der Waals surface area contributed by atoms with Crippen LogP contribution in [0.5, 0.6) is 17.2 Å². The van der Waals surface area contributed by atoms with Crippen LogP contribution in [0, 0.1) is 13.8 Å². The lowest BCUT2D eigenvalue weighted by molar-refractivity contribution is -0.126. The molecule has 1 fully saturated rings. The predicted molar refractivity (Wildman–Crippen MR) is 152 cm³/mol. The van der Waals surface area contributed by atoms with Crippen molar-refractivity contribution in [3.05, 3.63) is 72.3 Å². The summed E-state index contributed by atoms with van der Waals surface area (Å²) in [7, 11) is 3.81. The van der Waals surface area contributed by atoms with Crippen molar-refractivity contribution < 1.29 is 14.3 Å². The average Bonchev–Trinajstić information content (AvgIpc) is 3.40. The zero-order valence-electron chi connectivity index (χ0n) is 22.8. The molecule has 1 atom stereocenters. The van der Waals surface area contributed by atoms with Crippen molar-refractivity contribution in [1.82, 2.24) is 25.2 Å². The number of nitrogens with one attached hydrogen (secondary N) is 2. The van der Waals surface area contributed by atoms with Crippen LogP contribution < -0.4 is 20.1 Å². The lowest BCUT2D eigenvalue weighted by Gasteiger charge is -2.29. The molecule has 0 bridgehead atoms. The van der Waals surface area contributed by atoms with E-state index in [0.717, 1.165) is 53.0 Å². The quantitative estimate of drug-likeness (QED) is 0.301. The number of hydrogen-bond donors (Lipinski definition) is 2. The van der Waals surface area contributed by atoms with Gasteiger partial charge in [0, 0.05) is 11.4 Å². The highest BCUT2D eigenvalue weighted by Crippen LogP contribution is 2.34. The molecule has 5 rings (SSSR count). The third-order valence-electron chi connectivity index (χ3n) is 6.89. The molecule has 0 unspecified atom stereocenters. The van der Waals surface area contributed by atoms with Crippen molar-refractivity contribution in [2.24, 2.45) is 0 Å². The molecule has 2 aromatic carbocycles. The van der Waals surface area contributed by atoms with E-state index in [1.54, 1.807) is 6.20 Å². The van der Waals surface area contributed by atoms with E-state index in [2.05, 4.69) is 25.6 Å². The summed E-state index contributed by atoms with van der Waals surface area (Å²) >= 11 is 0. The molecule has 39 heavy (non-hydrogen) atoms. The van der Waals surface area contributed by atoms with Gasteiger partial charge < -0.3 is 25.0 Å². The molecule has 9 heteroatoms. The number of carbonyl (C=O) groups excluding carboxylic acids is 1. The summed E-state index contributed by atoms with van der Waals surface area (Å²) < 4.78 is 12.4. The van der Waals surface area contributed by atoms with Gasteiger partial charge in [-0.1, -0.05) is 6.07 Å². The Balaban J connectivity index is 1.38. The monoisotopic (exact) mass is 526 g/mol. The Hall–Kier alpha value is -4.08. The SMILES string of the molecule is Cc1ccc(Oc2ccc(Nc3ncnc4cccc(OC[C@@]5(C(=O)CN(C)C)CCCN5)c34)cc2C)cn1. The van der Waals surface area contributed by atoms with Gasteiger partial charge >= 0.3 is 0 Å². The third-order valence-corrected chi connectivity index (χ3v) is 6.89. The van der Waals surface area contributed by atoms with Crippen LogP contribution in [0.15, 0.2) is 61.1 Å². The Bertz CT molecular complexity index is 1460. The molecule has 4 aromatic rings. The molecule has 0 saturated carbocycles. The number of fused-ring (bicyclic) bond motifs is 1. The minimum Gasteiger partial charge on any atom is -0.490 e. The van der Waals surface area contributed by atoms with Crippen LogP contribution in [0.4, 0.5) is 11.5 Å². The van der Waals surface area contributed by atoms with Crippen LogP contribution in [0.2, 0.25) is 0 Å². The number of anilines is 2. The van der Waals surface area contributed by atoms with Gasteiger partial charge in [0.15, 0.2) is 5.78 Å². The number of nitrogens with zero attached hydrogens (tertiary/aromatic N) is 4. The molecule has 1 aliphatic heterocycles. The van der Waals surface area contributed by atoms with Gasteiger partial charge in [-0.05, 0) is 95.4 Å². The number of ketones is 1. The fraction of sp³-hybridized carbons (Fsp3) is 0.333. The van der Waals surface area contributed by atoms with E-state index < -0.39 is 5.54 Å². The number of likely N-dealkylation sites (N-methyl/N-ethyl adjacent to an activating group) is 1. The van der Waals surface area contributed by atoms with Gasteiger partial charge in [0.25, 0.3) is 0 Å². The van der Waals surface area contributed by atoms with Crippen molar-refractivity contribution in [3.8, 4) is 17.2 Å². The third kappa shape index (κ3) is 6.00. The maximum atomic E-state index is 13.1. The first kappa shape index (κ1) is 26.5. The Labute approximate surface area is 228 Å². The molecule has 0 radical (unpaired) electrons. The summed E-state index contributed by atoms with van der Waals surface area (Å²) in [6.07, 6.45) is 4.93. The van der Waals surface area contributed by atoms with Crippen molar-refractivity contribution in [2.75, 3.05) is 39.1 Å². The van der Waals surface area contributed by atoms with E-state index in [0.29, 0.717) is 23.9 Å². The normalized spacial score (nSPS) is 16.9. The fourth-order valence-corrected chi connectivity index (χ4v) is 4.80. The van der Waals surface area contributed by atoms with Gasteiger partial charge in [-0.15, -0.1) is 0 Å². The number of pyridine rings is 1. The number of aryl methyl sites for hydroxylation is 2. The first-order chi connectivity index (χ1) is 18.8. The molecule has 2 N–H and O–H groups in total. The first-order valence-corrected chi connectivity index (χ1v) is 13.1. The van der Waals surface area contributed by atoms with Crippen molar-refractivity contribution in [2.45, 2.75) is 32.2 Å². The van der Waals surface area contributed by atoms with Gasteiger partial charge in [0.1, 0.15) is 41.5 Å². The van der Waals surface area contributed by atoms with E-state index in [9.17, 15) is 4.79 Å². The molecule has 0 amide bonds. The molecule has 1 saturated heterocycles. The maximum Gasteiger partial charge on any atom is 0.170 e. The summed E-state index contributed by atoms with van der Waals surface area (Å²) in [5.41, 5.74) is 2.81. The van der Waals surface area contributed by atoms with Crippen LogP contribution in [-0.4, -0.2) is 65.0 Å².